The second-order valence-electron chi connectivity index (χ2n) is 6.92. The largest absolute Gasteiger partial charge is 0.497 e. The lowest BCUT2D eigenvalue weighted by atomic mass is 10.1. The molecule has 0 saturated carbocycles. The molecule has 4 heteroatoms. The fraction of sp³-hybridized carbons (Fsp3) is 0.435. The van der Waals surface area contributed by atoms with E-state index in [2.05, 4.69) is 67.4 Å². The van der Waals surface area contributed by atoms with E-state index in [4.69, 9.17) is 17.0 Å². The van der Waals surface area contributed by atoms with Crippen LogP contribution < -0.4 is 10.1 Å². The summed E-state index contributed by atoms with van der Waals surface area (Å²) in [4.78, 5) is 2.24. The van der Waals surface area contributed by atoms with Gasteiger partial charge in [0.1, 0.15) is 5.75 Å². The topological polar surface area (TPSA) is 24.5 Å². The molecule has 0 aliphatic heterocycles. The van der Waals surface area contributed by atoms with Crippen molar-refractivity contribution in [2.45, 2.75) is 52.5 Å². The third kappa shape index (κ3) is 6.55. The van der Waals surface area contributed by atoms with Crippen molar-refractivity contribution in [3.63, 3.8) is 0 Å². The molecule has 2 rings (SSSR count). The fourth-order valence-electron chi connectivity index (χ4n) is 3.20. The molecule has 0 heterocycles. The summed E-state index contributed by atoms with van der Waals surface area (Å²) in [6, 6.07) is 17.2. The van der Waals surface area contributed by atoms with E-state index in [0.29, 0.717) is 6.04 Å². The van der Waals surface area contributed by atoms with Crippen molar-refractivity contribution in [3.8, 4) is 5.75 Å². The Hall–Kier alpha value is -2.07. The highest BCUT2D eigenvalue weighted by atomic mass is 32.1. The Bertz CT molecular complexity index is 697. The van der Waals surface area contributed by atoms with Crippen LogP contribution in [0.3, 0.4) is 0 Å². The molecular weight excluding hydrogens is 352 g/mol. The summed E-state index contributed by atoms with van der Waals surface area (Å²) in [5, 5.41) is 4.18. The van der Waals surface area contributed by atoms with Crippen LogP contribution in [0.2, 0.25) is 0 Å². The molecule has 0 spiro atoms. The van der Waals surface area contributed by atoms with Gasteiger partial charge >= 0.3 is 0 Å². The van der Waals surface area contributed by atoms with Crippen LogP contribution in [-0.2, 0) is 12.8 Å². The number of benzene rings is 2. The highest BCUT2D eigenvalue weighted by Crippen LogP contribution is 2.17. The molecule has 0 bridgehead atoms. The number of unbranched alkanes of at least 4 members (excludes halogenated alkanes) is 1. The zero-order valence-corrected chi connectivity index (χ0v) is 17.8. The average Bonchev–Trinajstić information content (AvgIpc) is 2.68. The fourth-order valence-corrected chi connectivity index (χ4v) is 3.63. The van der Waals surface area contributed by atoms with Gasteiger partial charge in [-0.3, -0.25) is 0 Å². The minimum absolute atomic E-state index is 0.312. The van der Waals surface area contributed by atoms with Crippen molar-refractivity contribution in [2.24, 2.45) is 0 Å². The molecule has 0 radical (unpaired) electrons. The number of ether oxygens (including phenoxy) is 1. The molecule has 2 aromatic rings. The molecule has 3 nitrogen and oxygen atoms in total. The molecule has 0 fully saturated rings. The summed E-state index contributed by atoms with van der Waals surface area (Å²) in [7, 11) is 1.69. The van der Waals surface area contributed by atoms with Crippen LogP contribution in [0.15, 0.2) is 48.5 Å². The van der Waals surface area contributed by atoms with Gasteiger partial charge in [-0.05, 0) is 80.7 Å². The van der Waals surface area contributed by atoms with E-state index in [-0.39, 0.29) is 0 Å². The molecule has 0 aromatic heterocycles. The molecule has 0 aliphatic carbocycles. The first kappa shape index (κ1) is 21.2. The molecule has 1 unspecified atom stereocenters. The van der Waals surface area contributed by atoms with Gasteiger partial charge < -0.3 is 15.0 Å². The molecule has 2 aromatic carbocycles. The van der Waals surface area contributed by atoms with Crippen LogP contribution in [0.25, 0.3) is 0 Å². The Balaban J connectivity index is 1.95. The average molecular weight is 385 g/mol. The van der Waals surface area contributed by atoms with E-state index in [1.807, 2.05) is 12.1 Å². The lowest BCUT2D eigenvalue weighted by Crippen LogP contribution is -2.42. The maximum absolute atomic E-state index is 5.69. The summed E-state index contributed by atoms with van der Waals surface area (Å²) in [6.45, 7) is 7.46. The van der Waals surface area contributed by atoms with Crippen molar-refractivity contribution in [1.29, 1.82) is 0 Å². The van der Waals surface area contributed by atoms with Gasteiger partial charge in [0.2, 0.25) is 0 Å². The van der Waals surface area contributed by atoms with Gasteiger partial charge in [0, 0.05) is 18.3 Å². The molecule has 27 heavy (non-hydrogen) atoms. The SMILES string of the molecule is CCCCc1ccc(NC(=S)N(CC)C(C)Cc2ccc(OC)cc2)cc1. The highest BCUT2D eigenvalue weighted by Gasteiger charge is 2.16. The van der Waals surface area contributed by atoms with E-state index in [1.165, 1.54) is 24.0 Å². The quantitative estimate of drug-likeness (QED) is 0.562. The van der Waals surface area contributed by atoms with E-state index >= 15 is 0 Å². The number of likely N-dealkylation sites (N-methyl/N-ethyl adjacent to an activating group) is 1. The number of rotatable bonds is 9. The van der Waals surface area contributed by atoms with Gasteiger partial charge in [-0.2, -0.15) is 0 Å². The van der Waals surface area contributed by atoms with Crippen molar-refractivity contribution in [3.05, 3.63) is 59.7 Å². The number of hydrogen-bond acceptors (Lipinski definition) is 2. The van der Waals surface area contributed by atoms with Gasteiger partial charge in [0.25, 0.3) is 0 Å². The Morgan fingerprint density at radius 2 is 1.67 bits per heavy atom. The predicted octanol–water partition coefficient (Wildman–Crippen LogP) is 5.69. The van der Waals surface area contributed by atoms with Crippen LogP contribution in [-0.4, -0.2) is 29.7 Å². The Morgan fingerprint density at radius 1 is 1.04 bits per heavy atom. The number of hydrogen-bond donors (Lipinski definition) is 1. The van der Waals surface area contributed by atoms with Gasteiger partial charge in [-0.25, -0.2) is 0 Å². The second-order valence-corrected chi connectivity index (χ2v) is 7.30. The van der Waals surface area contributed by atoms with Crippen molar-refractivity contribution in [2.75, 3.05) is 19.0 Å². The van der Waals surface area contributed by atoms with Crippen LogP contribution >= 0.6 is 12.2 Å². The summed E-state index contributed by atoms with van der Waals surface area (Å²) in [5.74, 6) is 0.887. The number of thiocarbonyl (C=S) groups is 1. The first-order valence-electron chi connectivity index (χ1n) is 9.86. The van der Waals surface area contributed by atoms with Crippen molar-refractivity contribution >= 4 is 23.0 Å². The maximum Gasteiger partial charge on any atom is 0.173 e. The minimum atomic E-state index is 0.312. The summed E-state index contributed by atoms with van der Waals surface area (Å²) in [6.07, 6.45) is 4.54. The van der Waals surface area contributed by atoms with E-state index in [1.54, 1.807) is 7.11 Å². The third-order valence-corrected chi connectivity index (χ3v) is 5.18. The molecule has 146 valence electrons. The molecule has 1 N–H and O–H groups in total. The summed E-state index contributed by atoms with van der Waals surface area (Å²) < 4.78 is 5.24. The zero-order valence-electron chi connectivity index (χ0n) is 17.0. The second kappa shape index (κ2) is 10.9. The van der Waals surface area contributed by atoms with Gasteiger partial charge in [-0.15, -0.1) is 0 Å². The number of anilines is 1. The van der Waals surface area contributed by atoms with E-state index in [0.717, 1.165) is 35.9 Å². The highest BCUT2D eigenvalue weighted by molar-refractivity contribution is 7.80. The first-order valence-corrected chi connectivity index (χ1v) is 10.3. The Labute approximate surface area is 169 Å². The van der Waals surface area contributed by atoms with Crippen molar-refractivity contribution < 1.29 is 4.74 Å². The van der Waals surface area contributed by atoms with Crippen LogP contribution in [0.4, 0.5) is 5.69 Å². The smallest absolute Gasteiger partial charge is 0.173 e. The number of aryl methyl sites for hydroxylation is 1. The maximum atomic E-state index is 5.69. The minimum Gasteiger partial charge on any atom is -0.497 e. The van der Waals surface area contributed by atoms with Gasteiger partial charge in [0.15, 0.2) is 5.11 Å². The first-order chi connectivity index (χ1) is 13.1. The zero-order chi connectivity index (χ0) is 19.6. The summed E-state index contributed by atoms with van der Waals surface area (Å²) >= 11 is 5.69. The normalized spacial score (nSPS) is 11.7. The lowest BCUT2D eigenvalue weighted by molar-refractivity contribution is 0.347. The number of nitrogens with one attached hydrogen (secondary N) is 1. The standard InChI is InChI=1S/C23H32N2OS/c1-5-7-8-19-9-13-21(14-10-19)24-23(27)25(6-2)18(3)17-20-11-15-22(26-4)16-12-20/h9-16,18H,5-8,17H2,1-4H3,(H,24,27). The molecular formula is C23H32N2OS. The van der Waals surface area contributed by atoms with Gasteiger partial charge in [0.05, 0.1) is 7.11 Å². The predicted molar refractivity (Wildman–Crippen MR) is 120 cm³/mol. The lowest BCUT2D eigenvalue weighted by Gasteiger charge is -2.31. The Kier molecular flexibility index (Phi) is 8.59. The third-order valence-electron chi connectivity index (χ3n) is 4.85. The van der Waals surface area contributed by atoms with E-state index in [9.17, 15) is 0 Å². The Morgan fingerprint density at radius 3 is 2.22 bits per heavy atom. The summed E-state index contributed by atoms with van der Waals surface area (Å²) in [5.41, 5.74) is 3.72. The van der Waals surface area contributed by atoms with E-state index < -0.39 is 0 Å². The molecule has 0 saturated heterocycles. The van der Waals surface area contributed by atoms with Crippen LogP contribution in [0.5, 0.6) is 5.75 Å². The molecule has 0 amide bonds. The number of nitrogens with zero attached hydrogens (tertiary/aromatic N) is 1. The monoisotopic (exact) mass is 384 g/mol. The van der Waals surface area contributed by atoms with Crippen molar-refractivity contribution in [1.82, 2.24) is 4.90 Å². The molecule has 0 aliphatic rings. The van der Waals surface area contributed by atoms with Crippen LogP contribution in [0, 0.1) is 0 Å². The number of methoxy groups -OCH3 is 1. The molecule has 1 atom stereocenters. The van der Waals surface area contributed by atoms with Gasteiger partial charge in [-0.1, -0.05) is 37.6 Å². The van der Waals surface area contributed by atoms with Crippen LogP contribution in [0.1, 0.15) is 44.7 Å².